The van der Waals surface area contributed by atoms with Gasteiger partial charge in [-0.25, -0.2) is 4.98 Å². The van der Waals surface area contributed by atoms with Crippen LogP contribution >= 0.6 is 0 Å². The minimum Gasteiger partial charge on any atom is -0.398 e. The number of nitrogens with two attached hydrogens (primary N) is 1. The number of hydrogen-bond acceptors (Lipinski definition) is 6. The zero-order chi connectivity index (χ0) is 22.9. The van der Waals surface area contributed by atoms with Crippen LogP contribution in [0.4, 0.5) is 36.3 Å². The van der Waals surface area contributed by atoms with Crippen LogP contribution in [0.3, 0.4) is 0 Å². The maximum absolute atomic E-state index is 13.3. The van der Waals surface area contributed by atoms with Crippen molar-refractivity contribution in [2.24, 2.45) is 5.92 Å². The second-order valence-electron chi connectivity index (χ2n) is 8.33. The average molecular weight is 448 g/mol. The van der Waals surface area contributed by atoms with Gasteiger partial charge in [0.1, 0.15) is 5.82 Å². The molecule has 1 aromatic carbocycles. The van der Waals surface area contributed by atoms with E-state index < -0.39 is 11.7 Å². The van der Waals surface area contributed by atoms with Gasteiger partial charge in [-0.1, -0.05) is 0 Å². The molecule has 4 rings (SSSR count). The fourth-order valence-electron chi connectivity index (χ4n) is 4.49. The van der Waals surface area contributed by atoms with E-state index in [1.807, 2.05) is 0 Å². The summed E-state index contributed by atoms with van der Waals surface area (Å²) < 4.78 is 39.8. The maximum atomic E-state index is 13.3. The van der Waals surface area contributed by atoms with E-state index in [4.69, 9.17) is 10.7 Å². The van der Waals surface area contributed by atoms with Crippen molar-refractivity contribution < 1.29 is 18.0 Å². The van der Waals surface area contributed by atoms with Crippen LogP contribution in [-0.2, 0) is 23.8 Å². The molecule has 0 unspecified atom stereocenters. The first-order valence-corrected chi connectivity index (χ1v) is 10.9. The molecule has 0 radical (unpaired) electrons. The minimum atomic E-state index is -4.55. The smallest absolute Gasteiger partial charge is 0.398 e. The van der Waals surface area contributed by atoms with Crippen molar-refractivity contribution in [3.8, 4) is 0 Å². The SMILES string of the molecule is CNC(=O)[C@@H]1CCCN(c2nc(Nc3ccc(N)c(C(F)(F)F)c3)nc3c2CCCC3)C1. The number of benzene rings is 1. The summed E-state index contributed by atoms with van der Waals surface area (Å²) in [5, 5.41) is 5.66. The van der Waals surface area contributed by atoms with Crippen LogP contribution in [-0.4, -0.2) is 36.0 Å². The molecule has 4 N–H and O–H groups in total. The minimum absolute atomic E-state index is 0.0116. The zero-order valence-electron chi connectivity index (χ0n) is 17.9. The number of nitrogens with one attached hydrogen (secondary N) is 2. The summed E-state index contributed by atoms with van der Waals surface area (Å²) in [6, 6.07) is 3.68. The van der Waals surface area contributed by atoms with E-state index in [1.165, 1.54) is 12.1 Å². The van der Waals surface area contributed by atoms with Gasteiger partial charge >= 0.3 is 6.18 Å². The number of hydrogen-bond donors (Lipinski definition) is 3. The van der Waals surface area contributed by atoms with Gasteiger partial charge in [-0.05, 0) is 56.7 Å². The first-order chi connectivity index (χ1) is 15.3. The lowest BCUT2D eigenvalue weighted by molar-refractivity contribution is -0.136. The summed E-state index contributed by atoms with van der Waals surface area (Å²) in [6.45, 7) is 1.33. The molecule has 1 aliphatic carbocycles. The molecule has 1 amide bonds. The van der Waals surface area contributed by atoms with Crippen LogP contribution in [0.5, 0.6) is 0 Å². The van der Waals surface area contributed by atoms with Gasteiger partial charge in [-0.3, -0.25) is 4.79 Å². The number of halogens is 3. The van der Waals surface area contributed by atoms with E-state index in [-0.39, 0.29) is 29.1 Å². The molecule has 10 heteroatoms. The van der Waals surface area contributed by atoms with Gasteiger partial charge in [0.15, 0.2) is 0 Å². The van der Waals surface area contributed by atoms with E-state index in [0.29, 0.717) is 6.54 Å². The van der Waals surface area contributed by atoms with E-state index in [9.17, 15) is 18.0 Å². The zero-order valence-corrected chi connectivity index (χ0v) is 17.9. The third kappa shape index (κ3) is 4.58. The van der Waals surface area contributed by atoms with E-state index in [1.54, 1.807) is 7.05 Å². The Balaban J connectivity index is 1.67. The standard InChI is InChI=1S/C22H27F3N6O/c1-27-20(32)13-5-4-10-31(12-13)19-15-6-2-3-7-18(15)29-21(30-19)28-14-8-9-17(26)16(11-14)22(23,24)25/h8-9,11,13H,2-7,10,12,26H2,1H3,(H,27,32)(H,28,29,30)/t13-/m1/s1. The van der Waals surface area contributed by atoms with Crippen molar-refractivity contribution in [2.75, 3.05) is 36.1 Å². The first-order valence-electron chi connectivity index (χ1n) is 10.9. The van der Waals surface area contributed by atoms with Gasteiger partial charge in [0, 0.05) is 37.1 Å². The number of fused-ring (bicyclic) bond motifs is 1. The van der Waals surface area contributed by atoms with Crippen molar-refractivity contribution in [3.05, 3.63) is 35.0 Å². The second-order valence-corrected chi connectivity index (χ2v) is 8.33. The highest BCUT2D eigenvalue weighted by Gasteiger charge is 2.33. The van der Waals surface area contributed by atoms with E-state index in [2.05, 4.69) is 20.5 Å². The van der Waals surface area contributed by atoms with Crippen LogP contribution < -0.4 is 21.3 Å². The molecule has 1 atom stereocenters. The fraction of sp³-hybridized carbons (Fsp3) is 0.500. The van der Waals surface area contributed by atoms with Crippen LogP contribution in [0.15, 0.2) is 18.2 Å². The summed E-state index contributed by atoms with van der Waals surface area (Å²) in [5.41, 5.74) is 6.49. The Morgan fingerprint density at radius 2 is 1.97 bits per heavy atom. The summed E-state index contributed by atoms with van der Waals surface area (Å²) >= 11 is 0. The molecule has 2 aliphatic rings. The van der Waals surface area contributed by atoms with Gasteiger partial charge in [0.25, 0.3) is 0 Å². The summed E-state index contributed by atoms with van der Waals surface area (Å²) in [5.74, 6) is 0.918. The molecule has 1 fully saturated rings. The Kier molecular flexibility index (Phi) is 6.12. The number of alkyl halides is 3. The Morgan fingerprint density at radius 1 is 1.19 bits per heavy atom. The molecule has 32 heavy (non-hydrogen) atoms. The third-order valence-corrected chi connectivity index (χ3v) is 6.11. The highest BCUT2D eigenvalue weighted by Crippen LogP contribution is 2.36. The Hall–Kier alpha value is -3.04. The number of carbonyl (C=O) groups excluding carboxylic acids is 1. The maximum Gasteiger partial charge on any atom is 0.418 e. The van der Waals surface area contributed by atoms with Crippen molar-refractivity contribution >= 4 is 29.0 Å². The molecule has 7 nitrogen and oxygen atoms in total. The molecule has 1 saturated heterocycles. The van der Waals surface area contributed by atoms with Gasteiger partial charge < -0.3 is 21.3 Å². The van der Waals surface area contributed by atoms with Gasteiger partial charge in [-0.2, -0.15) is 18.2 Å². The molecular weight excluding hydrogens is 421 g/mol. The number of nitrogens with zero attached hydrogens (tertiary/aromatic N) is 3. The van der Waals surface area contributed by atoms with Crippen LogP contribution in [0, 0.1) is 5.92 Å². The number of piperidine rings is 1. The number of nitrogen functional groups attached to an aromatic ring is 1. The molecule has 1 aromatic heterocycles. The topological polar surface area (TPSA) is 96.2 Å². The lowest BCUT2D eigenvalue weighted by Gasteiger charge is -2.35. The fourth-order valence-corrected chi connectivity index (χ4v) is 4.49. The molecule has 172 valence electrons. The molecule has 2 aromatic rings. The largest absolute Gasteiger partial charge is 0.418 e. The highest BCUT2D eigenvalue weighted by molar-refractivity contribution is 5.79. The van der Waals surface area contributed by atoms with Crippen molar-refractivity contribution in [1.29, 1.82) is 0 Å². The number of anilines is 4. The number of aryl methyl sites for hydroxylation is 1. The molecule has 0 saturated carbocycles. The summed E-state index contributed by atoms with van der Waals surface area (Å²) in [7, 11) is 1.64. The predicted molar refractivity (Wildman–Crippen MR) is 117 cm³/mol. The predicted octanol–water partition coefficient (Wildman–Crippen LogP) is 3.66. The van der Waals surface area contributed by atoms with Gasteiger partial charge in [0.2, 0.25) is 11.9 Å². The molecular formula is C22H27F3N6O. The van der Waals surface area contributed by atoms with Crippen molar-refractivity contribution in [1.82, 2.24) is 15.3 Å². The van der Waals surface area contributed by atoms with Gasteiger partial charge in [0.05, 0.1) is 17.2 Å². The second kappa shape index (κ2) is 8.84. The van der Waals surface area contributed by atoms with Crippen LogP contribution in [0.2, 0.25) is 0 Å². The first kappa shape index (κ1) is 22.2. The molecule has 1 aliphatic heterocycles. The lowest BCUT2D eigenvalue weighted by Crippen LogP contribution is -2.43. The number of aromatic nitrogens is 2. The Labute approximate surface area is 184 Å². The number of carbonyl (C=O) groups is 1. The van der Waals surface area contributed by atoms with Crippen LogP contribution in [0.25, 0.3) is 0 Å². The third-order valence-electron chi connectivity index (χ3n) is 6.11. The highest BCUT2D eigenvalue weighted by atomic mass is 19.4. The monoisotopic (exact) mass is 448 g/mol. The molecule has 0 bridgehead atoms. The average Bonchev–Trinajstić information content (AvgIpc) is 2.78. The summed E-state index contributed by atoms with van der Waals surface area (Å²) in [4.78, 5) is 23.6. The lowest BCUT2D eigenvalue weighted by atomic mass is 9.93. The normalized spacial score (nSPS) is 18.8. The van der Waals surface area contributed by atoms with Crippen LogP contribution in [0.1, 0.15) is 42.5 Å². The van der Waals surface area contributed by atoms with E-state index in [0.717, 1.165) is 68.2 Å². The van der Waals surface area contributed by atoms with Crippen molar-refractivity contribution in [2.45, 2.75) is 44.7 Å². The number of amides is 1. The quantitative estimate of drug-likeness (QED) is 0.618. The Bertz CT molecular complexity index is 1010. The van der Waals surface area contributed by atoms with E-state index >= 15 is 0 Å². The Morgan fingerprint density at radius 3 is 2.72 bits per heavy atom. The van der Waals surface area contributed by atoms with Gasteiger partial charge in [-0.15, -0.1) is 0 Å². The number of rotatable bonds is 4. The van der Waals surface area contributed by atoms with Crippen molar-refractivity contribution in [3.63, 3.8) is 0 Å². The summed E-state index contributed by atoms with van der Waals surface area (Å²) in [6.07, 6.45) is 0.826. The molecule has 0 spiro atoms. The molecule has 2 heterocycles.